The van der Waals surface area contributed by atoms with Crippen LogP contribution < -0.4 is 0 Å². The van der Waals surface area contributed by atoms with Gasteiger partial charge >= 0.3 is 0 Å². The first-order chi connectivity index (χ1) is 11.3. The normalized spacial score (nSPS) is 18.5. The average molecular weight is 309 g/mol. The molecule has 0 atom stereocenters. The predicted octanol–water partition coefficient (Wildman–Crippen LogP) is 2.46. The quantitative estimate of drug-likeness (QED) is 0.880. The minimum atomic E-state index is 0.0503. The lowest BCUT2D eigenvalue weighted by atomic mass is 9.90. The number of piperidine rings is 1. The van der Waals surface area contributed by atoms with Crippen molar-refractivity contribution in [3.8, 4) is 0 Å². The Labute approximate surface area is 137 Å². The number of rotatable bonds is 1. The summed E-state index contributed by atoms with van der Waals surface area (Å²) < 4.78 is 2.21. The SMILES string of the molecule is CN1CCC(=C2c3ccccc3CCn3c(CO)cnc32)CC1. The maximum atomic E-state index is 9.64. The maximum absolute atomic E-state index is 9.64. The summed E-state index contributed by atoms with van der Waals surface area (Å²) in [5.41, 5.74) is 6.46. The molecule has 0 spiro atoms. The van der Waals surface area contributed by atoms with Crippen LogP contribution in [0, 0.1) is 0 Å². The highest BCUT2D eigenvalue weighted by Crippen LogP contribution is 2.36. The number of aromatic nitrogens is 2. The lowest BCUT2D eigenvalue weighted by molar-refractivity contribution is 0.270. The minimum Gasteiger partial charge on any atom is -0.390 e. The molecular weight excluding hydrogens is 286 g/mol. The molecule has 0 bridgehead atoms. The number of aryl methyl sites for hydroxylation is 1. The van der Waals surface area contributed by atoms with E-state index in [1.165, 1.54) is 22.3 Å². The molecule has 4 nitrogen and oxygen atoms in total. The first kappa shape index (κ1) is 14.7. The summed E-state index contributed by atoms with van der Waals surface area (Å²) in [6.07, 6.45) is 5.02. The average Bonchev–Trinajstić information content (AvgIpc) is 2.91. The van der Waals surface area contributed by atoms with Crippen LogP contribution in [0.25, 0.3) is 5.57 Å². The molecule has 0 aliphatic carbocycles. The molecule has 0 saturated carbocycles. The summed E-state index contributed by atoms with van der Waals surface area (Å²) in [4.78, 5) is 7.08. The van der Waals surface area contributed by atoms with E-state index in [4.69, 9.17) is 4.98 Å². The molecule has 2 aliphatic rings. The van der Waals surface area contributed by atoms with Gasteiger partial charge in [-0.2, -0.15) is 0 Å². The molecule has 1 aromatic heterocycles. The predicted molar refractivity (Wildman–Crippen MR) is 91.0 cm³/mol. The number of nitrogens with zero attached hydrogens (tertiary/aromatic N) is 3. The van der Waals surface area contributed by atoms with Gasteiger partial charge < -0.3 is 14.6 Å². The summed E-state index contributed by atoms with van der Waals surface area (Å²) in [5.74, 6) is 1.04. The van der Waals surface area contributed by atoms with E-state index in [1.807, 2.05) is 6.20 Å². The van der Waals surface area contributed by atoms with Crippen LogP contribution >= 0.6 is 0 Å². The highest BCUT2D eigenvalue weighted by Gasteiger charge is 2.25. The Bertz CT molecular complexity index is 750. The van der Waals surface area contributed by atoms with Crippen molar-refractivity contribution in [1.82, 2.24) is 14.5 Å². The van der Waals surface area contributed by atoms with E-state index in [0.29, 0.717) is 0 Å². The number of fused-ring (bicyclic) bond motifs is 2. The van der Waals surface area contributed by atoms with E-state index in [0.717, 1.165) is 50.4 Å². The number of likely N-dealkylation sites (tertiary alicyclic amines) is 1. The van der Waals surface area contributed by atoms with Crippen molar-refractivity contribution >= 4 is 5.57 Å². The summed E-state index contributed by atoms with van der Waals surface area (Å²) in [5, 5.41) is 9.64. The second kappa shape index (κ2) is 5.95. The highest BCUT2D eigenvalue weighted by atomic mass is 16.3. The maximum Gasteiger partial charge on any atom is 0.140 e. The second-order valence-electron chi connectivity index (χ2n) is 6.57. The van der Waals surface area contributed by atoms with Crippen molar-refractivity contribution in [3.05, 3.63) is 58.7 Å². The van der Waals surface area contributed by atoms with Gasteiger partial charge in [0.05, 0.1) is 18.5 Å². The monoisotopic (exact) mass is 309 g/mol. The van der Waals surface area contributed by atoms with E-state index in [-0.39, 0.29) is 6.61 Å². The zero-order valence-electron chi connectivity index (χ0n) is 13.6. The van der Waals surface area contributed by atoms with Gasteiger partial charge in [0.25, 0.3) is 0 Å². The smallest absolute Gasteiger partial charge is 0.140 e. The van der Waals surface area contributed by atoms with Gasteiger partial charge in [0.15, 0.2) is 0 Å². The van der Waals surface area contributed by atoms with Crippen molar-refractivity contribution in [1.29, 1.82) is 0 Å². The summed E-state index contributed by atoms with van der Waals surface area (Å²) in [7, 11) is 2.19. The van der Waals surface area contributed by atoms with Gasteiger partial charge in [-0.05, 0) is 37.4 Å². The Balaban J connectivity index is 1.92. The molecule has 1 fully saturated rings. The summed E-state index contributed by atoms with van der Waals surface area (Å²) >= 11 is 0. The molecule has 4 heteroatoms. The Hall–Kier alpha value is -1.91. The summed E-state index contributed by atoms with van der Waals surface area (Å²) in [6, 6.07) is 8.71. The molecule has 2 aliphatic heterocycles. The molecule has 1 saturated heterocycles. The van der Waals surface area contributed by atoms with E-state index in [1.54, 1.807) is 0 Å². The Morgan fingerprint density at radius 1 is 1.09 bits per heavy atom. The Morgan fingerprint density at radius 2 is 1.87 bits per heavy atom. The number of hydrogen-bond donors (Lipinski definition) is 1. The molecule has 2 aromatic rings. The molecule has 4 rings (SSSR count). The van der Waals surface area contributed by atoms with Crippen molar-refractivity contribution in [2.75, 3.05) is 20.1 Å². The summed E-state index contributed by atoms with van der Waals surface area (Å²) in [6.45, 7) is 3.15. The molecule has 0 unspecified atom stereocenters. The molecule has 23 heavy (non-hydrogen) atoms. The third kappa shape index (κ3) is 2.52. The van der Waals surface area contributed by atoms with Gasteiger partial charge in [-0.1, -0.05) is 29.8 Å². The highest BCUT2D eigenvalue weighted by molar-refractivity contribution is 5.81. The number of aliphatic hydroxyl groups is 1. The van der Waals surface area contributed by atoms with Gasteiger partial charge in [-0.25, -0.2) is 4.98 Å². The fourth-order valence-electron chi connectivity index (χ4n) is 3.81. The standard InChI is InChI=1S/C19H23N3O/c1-21-9-6-15(7-10-21)18-17-5-3-2-4-14(17)8-11-22-16(13-23)12-20-19(18)22/h2-5,12,23H,6-11,13H2,1H3. The van der Waals surface area contributed by atoms with Gasteiger partial charge in [-0.15, -0.1) is 0 Å². The van der Waals surface area contributed by atoms with Crippen molar-refractivity contribution in [3.63, 3.8) is 0 Å². The zero-order valence-corrected chi connectivity index (χ0v) is 13.6. The fourth-order valence-corrected chi connectivity index (χ4v) is 3.81. The van der Waals surface area contributed by atoms with Crippen molar-refractivity contribution in [2.24, 2.45) is 0 Å². The number of hydrogen-bond acceptors (Lipinski definition) is 3. The molecule has 120 valence electrons. The van der Waals surface area contributed by atoms with Gasteiger partial charge in [0, 0.05) is 25.2 Å². The third-order valence-electron chi connectivity index (χ3n) is 5.16. The largest absolute Gasteiger partial charge is 0.390 e. The minimum absolute atomic E-state index is 0.0503. The second-order valence-corrected chi connectivity index (χ2v) is 6.57. The van der Waals surface area contributed by atoms with Crippen LogP contribution in [-0.2, 0) is 19.6 Å². The van der Waals surface area contributed by atoms with E-state index in [2.05, 4.69) is 40.8 Å². The zero-order chi connectivity index (χ0) is 15.8. The lowest BCUT2D eigenvalue weighted by Crippen LogP contribution is -2.27. The van der Waals surface area contributed by atoms with E-state index in [9.17, 15) is 5.11 Å². The van der Waals surface area contributed by atoms with Crippen molar-refractivity contribution in [2.45, 2.75) is 32.4 Å². The fraction of sp³-hybridized carbons (Fsp3) is 0.421. The van der Waals surface area contributed by atoms with Crippen molar-refractivity contribution < 1.29 is 5.11 Å². The molecule has 0 radical (unpaired) electrons. The van der Waals surface area contributed by atoms with Crippen LogP contribution in [0.15, 0.2) is 36.0 Å². The topological polar surface area (TPSA) is 41.3 Å². The number of aliphatic hydroxyl groups excluding tert-OH is 1. The van der Waals surface area contributed by atoms with Gasteiger partial charge in [-0.3, -0.25) is 0 Å². The van der Waals surface area contributed by atoms with Gasteiger partial charge in [0.2, 0.25) is 0 Å². The van der Waals surface area contributed by atoms with Crippen LogP contribution in [-0.4, -0.2) is 39.7 Å². The first-order valence-corrected chi connectivity index (χ1v) is 8.42. The van der Waals surface area contributed by atoms with Crippen LogP contribution in [0.5, 0.6) is 0 Å². The third-order valence-corrected chi connectivity index (χ3v) is 5.16. The van der Waals surface area contributed by atoms with Crippen LogP contribution in [0.4, 0.5) is 0 Å². The molecule has 3 heterocycles. The molecule has 1 aromatic carbocycles. The van der Waals surface area contributed by atoms with E-state index < -0.39 is 0 Å². The van der Waals surface area contributed by atoms with Crippen LogP contribution in [0.1, 0.15) is 35.5 Å². The van der Waals surface area contributed by atoms with Crippen LogP contribution in [0.2, 0.25) is 0 Å². The Kier molecular flexibility index (Phi) is 3.79. The number of imidazole rings is 1. The molecule has 0 amide bonds. The Morgan fingerprint density at radius 3 is 2.65 bits per heavy atom. The lowest BCUT2D eigenvalue weighted by Gasteiger charge is -2.26. The van der Waals surface area contributed by atoms with E-state index >= 15 is 0 Å². The number of benzene rings is 1. The first-order valence-electron chi connectivity index (χ1n) is 8.42. The molecule has 1 N–H and O–H groups in total. The molecular formula is C19H23N3O. The van der Waals surface area contributed by atoms with Gasteiger partial charge in [0.1, 0.15) is 5.82 Å². The van der Waals surface area contributed by atoms with Crippen LogP contribution in [0.3, 0.4) is 0 Å².